The van der Waals surface area contributed by atoms with Crippen LogP contribution in [-0.2, 0) is 17.9 Å². The van der Waals surface area contributed by atoms with E-state index >= 15 is 0 Å². The molecular formula is C13H18N6O2. The van der Waals surface area contributed by atoms with E-state index in [-0.39, 0.29) is 18.5 Å². The molecule has 0 radical (unpaired) electrons. The Bertz CT molecular complexity index is 662. The molecule has 0 aliphatic rings. The molecule has 21 heavy (non-hydrogen) atoms. The number of nitrogens with zero attached hydrogens (tertiary/aromatic N) is 5. The van der Waals surface area contributed by atoms with Crippen LogP contribution in [0.1, 0.15) is 32.1 Å². The molecule has 8 nitrogen and oxygen atoms in total. The monoisotopic (exact) mass is 290 g/mol. The van der Waals surface area contributed by atoms with E-state index in [1.807, 2.05) is 13.8 Å². The van der Waals surface area contributed by atoms with Crippen molar-refractivity contribution in [2.75, 3.05) is 0 Å². The number of amides is 1. The zero-order valence-corrected chi connectivity index (χ0v) is 12.1. The molecule has 112 valence electrons. The first-order valence-electron chi connectivity index (χ1n) is 6.80. The molecule has 1 atom stereocenters. The molecule has 1 unspecified atom stereocenters. The molecule has 0 saturated carbocycles. The van der Waals surface area contributed by atoms with Gasteiger partial charge >= 0.3 is 5.69 Å². The number of rotatable bonds is 6. The topological polar surface area (TPSA) is 94.7 Å². The summed E-state index contributed by atoms with van der Waals surface area (Å²) in [7, 11) is 0. The van der Waals surface area contributed by atoms with Gasteiger partial charge in [-0.25, -0.2) is 19.4 Å². The van der Waals surface area contributed by atoms with Gasteiger partial charge in [-0.3, -0.25) is 9.36 Å². The highest BCUT2D eigenvalue weighted by Gasteiger charge is 2.15. The highest BCUT2D eigenvalue weighted by atomic mass is 16.2. The first kappa shape index (κ1) is 14.9. The molecule has 2 aromatic rings. The van der Waals surface area contributed by atoms with Crippen molar-refractivity contribution in [2.45, 2.75) is 39.4 Å². The first-order valence-corrected chi connectivity index (χ1v) is 6.80. The second kappa shape index (κ2) is 6.78. The van der Waals surface area contributed by atoms with E-state index in [1.54, 1.807) is 10.7 Å². The maximum Gasteiger partial charge on any atom is 0.347 e. The average molecular weight is 290 g/mol. The molecule has 8 heteroatoms. The first-order chi connectivity index (χ1) is 10.1. The zero-order valence-electron chi connectivity index (χ0n) is 12.1. The Balaban J connectivity index is 2.01. The lowest BCUT2D eigenvalue weighted by atomic mass is 10.3. The van der Waals surface area contributed by atoms with Gasteiger partial charge in [0.1, 0.15) is 18.7 Å². The molecule has 0 aromatic carbocycles. The van der Waals surface area contributed by atoms with Crippen LogP contribution in [0, 0.1) is 0 Å². The van der Waals surface area contributed by atoms with Crippen LogP contribution < -0.4 is 11.0 Å². The summed E-state index contributed by atoms with van der Waals surface area (Å²) in [5.74, 6) is 0.424. The number of hydrogen-bond acceptors (Lipinski definition) is 5. The van der Waals surface area contributed by atoms with E-state index in [0.717, 1.165) is 13.0 Å². The lowest BCUT2D eigenvalue weighted by Gasteiger charge is -2.14. The lowest BCUT2D eigenvalue weighted by molar-refractivity contribution is -0.122. The van der Waals surface area contributed by atoms with Crippen molar-refractivity contribution < 1.29 is 4.79 Å². The van der Waals surface area contributed by atoms with Crippen molar-refractivity contribution in [1.29, 1.82) is 0 Å². The number of nitrogens with one attached hydrogen (secondary N) is 1. The lowest BCUT2D eigenvalue weighted by Crippen LogP contribution is -2.35. The van der Waals surface area contributed by atoms with Gasteiger partial charge in [0.05, 0.1) is 6.04 Å². The van der Waals surface area contributed by atoms with Gasteiger partial charge in [-0.1, -0.05) is 6.92 Å². The van der Waals surface area contributed by atoms with Crippen LogP contribution in [0.15, 0.2) is 29.6 Å². The highest BCUT2D eigenvalue weighted by Crippen LogP contribution is 2.08. The highest BCUT2D eigenvalue weighted by molar-refractivity contribution is 5.76. The summed E-state index contributed by atoms with van der Waals surface area (Å²) < 4.78 is 3.01. The molecule has 2 rings (SSSR count). The van der Waals surface area contributed by atoms with Crippen molar-refractivity contribution in [3.8, 4) is 0 Å². The Morgan fingerprint density at radius 3 is 2.95 bits per heavy atom. The normalized spacial score (nSPS) is 12.1. The summed E-state index contributed by atoms with van der Waals surface area (Å²) in [6.07, 6.45) is 5.33. The minimum absolute atomic E-state index is 0.0705. The van der Waals surface area contributed by atoms with Crippen molar-refractivity contribution in [3.05, 3.63) is 41.1 Å². The van der Waals surface area contributed by atoms with Gasteiger partial charge in [-0.15, -0.1) is 0 Å². The number of hydrogen-bond donors (Lipinski definition) is 1. The number of carbonyl (C=O) groups excluding carboxylic acids is 1. The van der Waals surface area contributed by atoms with E-state index < -0.39 is 5.69 Å². The maximum atomic E-state index is 12.0. The van der Waals surface area contributed by atoms with Gasteiger partial charge in [0, 0.05) is 18.9 Å². The SMILES string of the molecule is CCCn1ncnc1C(C)NC(=O)Cn1cccnc1=O. The maximum absolute atomic E-state index is 12.0. The fourth-order valence-electron chi connectivity index (χ4n) is 2.01. The van der Waals surface area contributed by atoms with E-state index in [4.69, 9.17) is 0 Å². The predicted octanol–water partition coefficient (Wildman–Crippen LogP) is 0.122. The summed E-state index contributed by atoms with van der Waals surface area (Å²) in [5.41, 5.74) is -0.450. The molecule has 0 bridgehead atoms. The summed E-state index contributed by atoms with van der Waals surface area (Å²) in [6, 6.07) is 1.33. The summed E-state index contributed by atoms with van der Waals surface area (Å²) in [6.45, 7) is 4.56. The minimum atomic E-state index is -0.450. The Morgan fingerprint density at radius 1 is 1.43 bits per heavy atom. The van der Waals surface area contributed by atoms with Crippen LogP contribution in [-0.4, -0.2) is 30.2 Å². The number of aryl methyl sites for hydroxylation is 1. The number of aromatic nitrogens is 5. The predicted molar refractivity (Wildman–Crippen MR) is 75.4 cm³/mol. The quantitative estimate of drug-likeness (QED) is 0.815. The largest absolute Gasteiger partial charge is 0.347 e. The fourth-order valence-corrected chi connectivity index (χ4v) is 2.01. The van der Waals surface area contributed by atoms with Crippen molar-refractivity contribution in [3.63, 3.8) is 0 Å². The fraction of sp³-hybridized carbons (Fsp3) is 0.462. The Morgan fingerprint density at radius 2 is 2.24 bits per heavy atom. The molecule has 0 spiro atoms. The van der Waals surface area contributed by atoms with Crippen LogP contribution >= 0.6 is 0 Å². The summed E-state index contributed by atoms with van der Waals surface area (Å²) in [5, 5.41) is 6.93. The van der Waals surface area contributed by atoms with Gasteiger partial charge < -0.3 is 5.32 Å². The van der Waals surface area contributed by atoms with Crippen molar-refractivity contribution in [2.24, 2.45) is 0 Å². The molecule has 1 N–H and O–H groups in total. The van der Waals surface area contributed by atoms with Crippen LogP contribution in [0.2, 0.25) is 0 Å². The smallest absolute Gasteiger partial charge is 0.345 e. The Labute approximate surface area is 121 Å². The third-order valence-corrected chi connectivity index (χ3v) is 2.94. The third-order valence-electron chi connectivity index (χ3n) is 2.94. The van der Waals surface area contributed by atoms with Crippen LogP contribution in [0.25, 0.3) is 0 Å². The molecular weight excluding hydrogens is 272 g/mol. The second-order valence-corrected chi connectivity index (χ2v) is 4.66. The van der Waals surface area contributed by atoms with E-state index in [1.165, 1.54) is 23.3 Å². The van der Waals surface area contributed by atoms with Crippen LogP contribution in [0.5, 0.6) is 0 Å². The third kappa shape index (κ3) is 3.74. The number of carbonyl (C=O) groups is 1. The summed E-state index contributed by atoms with van der Waals surface area (Å²) >= 11 is 0. The van der Waals surface area contributed by atoms with Crippen LogP contribution in [0.4, 0.5) is 0 Å². The summed E-state index contributed by atoms with van der Waals surface area (Å²) in [4.78, 5) is 31.2. The Kier molecular flexibility index (Phi) is 4.81. The van der Waals surface area contributed by atoms with Gasteiger partial charge in [-0.05, 0) is 19.4 Å². The molecule has 2 aromatic heterocycles. The van der Waals surface area contributed by atoms with E-state index in [2.05, 4.69) is 20.4 Å². The van der Waals surface area contributed by atoms with Crippen LogP contribution in [0.3, 0.4) is 0 Å². The van der Waals surface area contributed by atoms with Crippen molar-refractivity contribution in [1.82, 2.24) is 29.6 Å². The standard InChI is InChI=1S/C13H18N6O2/c1-3-6-19-12(15-9-16-19)10(2)17-11(20)8-18-7-4-5-14-13(18)21/h4-5,7,9-10H,3,6,8H2,1-2H3,(H,17,20). The van der Waals surface area contributed by atoms with Gasteiger partial charge in [0.15, 0.2) is 0 Å². The van der Waals surface area contributed by atoms with Crippen molar-refractivity contribution >= 4 is 5.91 Å². The van der Waals surface area contributed by atoms with E-state index in [0.29, 0.717) is 5.82 Å². The zero-order chi connectivity index (χ0) is 15.2. The molecule has 0 fully saturated rings. The molecule has 0 aliphatic carbocycles. The second-order valence-electron chi connectivity index (χ2n) is 4.66. The molecule has 1 amide bonds. The van der Waals surface area contributed by atoms with Gasteiger partial charge in [0.2, 0.25) is 5.91 Å². The minimum Gasteiger partial charge on any atom is -0.345 e. The molecule has 0 saturated heterocycles. The van der Waals surface area contributed by atoms with E-state index in [9.17, 15) is 9.59 Å². The van der Waals surface area contributed by atoms with Gasteiger partial charge in [-0.2, -0.15) is 5.10 Å². The Hall–Kier alpha value is -2.51. The molecule has 0 aliphatic heterocycles. The van der Waals surface area contributed by atoms with Gasteiger partial charge in [0.25, 0.3) is 0 Å². The molecule has 2 heterocycles. The average Bonchev–Trinajstić information content (AvgIpc) is 2.90.